The summed E-state index contributed by atoms with van der Waals surface area (Å²) < 4.78 is 6.95. The molecule has 0 saturated carbocycles. The molecule has 3 nitrogen and oxygen atoms in total. The fraction of sp³-hybridized carbons (Fsp3) is 0.625. The number of nitrogens with zero attached hydrogens (tertiary/aromatic N) is 1. The van der Waals surface area contributed by atoms with Crippen molar-refractivity contribution in [2.45, 2.75) is 51.5 Å². The minimum absolute atomic E-state index is 0.147. The zero-order valence-corrected chi connectivity index (χ0v) is 14.1. The molecule has 1 heterocycles. The second kappa shape index (κ2) is 7.03. The molecule has 4 heteroatoms. The van der Waals surface area contributed by atoms with E-state index in [-0.39, 0.29) is 24.3 Å². The maximum Gasteiger partial charge on any atom is 0.0678 e. The molecule has 2 rings (SSSR count). The van der Waals surface area contributed by atoms with Crippen LogP contribution < -0.4 is 5.73 Å². The first-order chi connectivity index (χ1) is 9.51. The van der Waals surface area contributed by atoms with Crippen LogP contribution in [0.1, 0.15) is 38.8 Å². The first-order valence-corrected chi connectivity index (χ1v) is 8.21. The van der Waals surface area contributed by atoms with Gasteiger partial charge in [-0.25, -0.2) is 0 Å². The van der Waals surface area contributed by atoms with Crippen molar-refractivity contribution in [1.82, 2.24) is 4.90 Å². The van der Waals surface area contributed by atoms with Crippen molar-refractivity contribution in [1.29, 1.82) is 0 Å². The summed E-state index contributed by atoms with van der Waals surface area (Å²) in [5, 5.41) is 0. The van der Waals surface area contributed by atoms with Gasteiger partial charge in [0.2, 0.25) is 0 Å². The fourth-order valence-electron chi connectivity index (χ4n) is 3.06. The van der Waals surface area contributed by atoms with E-state index in [4.69, 9.17) is 10.5 Å². The summed E-state index contributed by atoms with van der Waals surface area (Å²) in [5.41, 5.74) is 7.71. The van der Waals surface area contributed by atoms with E-state index in [1.54, 1.807) is 0 Å². The highest BCUT2D eigenvalue weighted by Crippen LogP contribution is 2.29. The van der Waals surface area contributed by atoms with E-state index < -0.39 is 0 Å². The van der Waals surface area contributed by atoms with Crippen LogP contribution in [0, 0.1) is 0 Å². The fourth-order valence-corrected chi connectivity index (χ4v) is 3.32. The molecule has 112 valence electrons. The lowest BCUT2D eigenvalue weighted by Gasteiger charge is -2.42. The van der Waals surface area contributed by atoms with Gasteiger partial charge < -0.3 is 10.5 Å². The van der Waals surface area contributed by atoms with Gasteiger partial charge in [-0.15, -0.1) is 0 Å². The smallest absolute Gasteiger partial charge is 0.0678 e. The van der Waals surface area contributed by atoms with Crippen molar-refractivity contribution in [3.8, 4) is 0 Å². The van der Waals surface area contributed by atoms with Crippen molar-refractivity contribution >= 4 is 15.9 Å². The number of benzene rings is 1. The van der Waals surface area contributed by atoms with Crippen LogP contribution in [-0.2, 0) is 4.74 Å². The van der Waals surface area contributed by atoms with Crippen molar-refractivity contribution in [3.05, 3.63) is 34.3 Å². The summed E-state index contributed by atoms with van der Waals surface area (Å²) in [7, 11) is 0. The summed E-state index contributed by atoms with van der Waals surface area (Å²) in [6, 6.07) is 8.95. The summed E-state index contributed by atoms with van der Waals surface area (Å²) in [4.78, 5) is 2.48. The molecule has 1 aliphatic heterocycles. The number of hydrogen-bond donors (Lipinski definition) is 1. The number of ether oxygens (including phenoxy) is 1. The van der Waals surface area contributed by atoms with Gasteiger partial charge >= 0.3 is 0 Å². The summed E-state index contributed by atoms with van der Waals surface area (Å²) in [6.45, 7) is 8.32. The molecule has 1 saturated heterocycles. The van der Waals surface area contributed by atoms with E-state index in [0.717, 1.165) is 24.0 Å². The lowest BCUT2D eigenvalue weighted by Crippen LogP contribution is -2.51. The van der Waals surface area contributed by atoms with Gasteiger partial charge in [-0.1, -0.05) is 35.0 Å². The number of morpholine rings is 1. The molecule has 4 unspecified atom stereocenters. The molecular weight excluding hydrogens is 316 g/mol. The summed E-state index contributed by atoms with van der Waals surface area (Å²) >= 11 is 3.50. The van der Waals surface area contributed by atoms with E-state index in [9.17, 15) is 0 Å². The third-order valence-electron chi connectivity index (χ3n) is 3.93. The minimum atomic E-state index is 0.147. The van der Waals surface area contributed by atoms with Gasteiger partial charge in [0.05, 0.1) is 18.2 Å². The normalized spacial score (nSPS) is 27.2. The Labute approximate surface area is 130 Å². The van der Waals surface area contributed by atoms with Gasteiger partial charge in [0, 0.05) is 23.6 Å². The molecule has 0 amide bonds. The quantitative estimate of drug-likeness (QED) is 0.913. The predicted octanol–water partition coefficient (Wildman–Crippen LogP) is 3.34. The number of hydrogen-bond acceptors (Lipinski definition) is 3. The van der Waals surface area contributed by atoms with E-state index >= 15 is 0 Å². The Morgan fingerprint density at radius 3 is 2.30 bits per heavy atom. The molecule has 0 radical (unpaired) electrons. The second-order valence-electron chi connectivity index (χ2n) is 5.78. The van der Waals surface area contributed by atoms with E-state index in [0.29, 0.717) is 0 Å². The van der Waals surface area contributed by atoms with Gasteiger partial charge in [0.25, 0.3) is 0 Å². The average Bonchev–Trinajstić information content (AvgIpc) is 2.40. The van der Waals surface area contributed by atoms with Crippen molar-refractivity contribution < 1.29 is 4.74 Å². The van der Waals surface area contributed by atoms with Gasteiger partial charge in [-0.2, -0.15) is 0 Å². The first kappa shape index (κ1) is 16.0. The lowest BCUT2D eigenvalue weighted by molar-refractivity contribution is -0.0838. The second-order valence-corrected chi connectivity index (χ2v) is 6.70. The van der Waals surface area contributed by atoms with Gasteiger partial charge in [0.15, 0.2) is 0 Å². The lowest BCUT2D eigenvalue weighted by atomic mass is 9.95. The zero-order chi connectivity index (χ0) is 14.7. The van der Waals surface area contributed by atoms with Gasteiger partial charge in [-0.05, 0) is 38.0 Å². The van der Waals surface area contributed by atoms with Crippen LogP contribution in [0.25, 0.3) is 0 Å². The Morgan fingerprint density at radius 1 is 1.25 bits per heavy atom. The Hall–Kier alpha value is -0.420. The standard InChI is InChI=1S/C16H25BrN2O/c1-4-15(18)16(13-5-7-14(17)8-6-13)19-9-11(2)20-12(3)10-19/h5-8,11-12,15-16H,4,9-10,18H2,1-3H3. The molecule has 4 atom stereocenters. The summed E-state index contributed by atoms with van der Waals surface area (Å²) in [5.74, 6) is 0. The molecule has 1 fully saturated rings. The molecule has 0 aliphatic carbocycles. The molecule has 0 spiro atoms. The highest BCUT2D eigenvalue weighted by atomic mass is 79.9. The molecular formula is C16H25BrN2O. The molecule has 0 aromatic heterocycles. The van der Waals surface area contributed by atoms with E-state index in [2.05, 4.69) is 65.9 Å². The number of rotatable bonds is 4. The van der Waals surface area contributed by atoms with E-state index in [1.807, 2.05) is 0 Å². The zero-order valence-electron chi connectivity index (χ0n) is 12.6. The number of nitrogens with two attached hydrogens (primary N) is 1. The maximum absolute atomic E-state index is 6.41. The molecule has 20 heavy (non-hydrogen) atoms. The summed E-state index contributed by atoms with van der Waals surface area (Å²) in [6.07, 6.45) is 1.50. The average molecular weight is 341 g/mol. The molecule has 0 bridgehead atoms. The molecule has 2 N–H and O–H groups in total. The molecule has 1 aromatic rings. The van der Waals surface area contributed by atoms with Crippen LogP contribution >= 0.6 is 15.9 Å². The first-order valence-electron chi connectivity index (χ1n) is 7.41. The molecule has 1 aromatic carbocycles. The largest absolute Gasteiger partial charge is 0.373 e. The maximum atomic E-state index is 6.41. The highest BCUT2D eigenvalue weighted by molar-refractivity contribution is 9.10. The van der Waals surface area contributed by atoms with Gasteiger partial charge in [-0.3, -0.25) is 4.90 Å². The monoisotopic (exact) mass is 340 g/mol. The van der Waals surface area contributed by atoms with E-state index in [1.165, 1.54) is 5.56 Å². The van der Waals surface area contributed by atoms with Crippen LogP contribution in [0.15, 0.2) is 28.7 Å². The Kier molecular flexibility index (Phi) is 5.61. The topological polar surface area (TPSA) is 38.5 Å². The SMILES string of the molecule is CCC(N)C(c1ccc(Br)cc1)N1CC(C)OC(C)C1. The number of halogens is 1. The Bertz CT molecular complexity index is 413. The minimum Gasteiger partial charge on any atom is -0.373 e. The van der Waals surface area contributed by atoms with Gasteiger partial charge in [0.1, 0.15) is 0 Å². The van der Waals surface area contributed by atoms with Crippen LogP contribution in [0.3, 0.4) is 0 Å². The van der Waals surface area contributed by atoms with Crippen LogP contribution in [0.5, 0.6) is 0 Å². The third kappa shape index (κ3) is 3.82. The Balaban J connectivity index is 2.25. The van der Waals surface area contributed by atoms with Crippen molar-refractivity contribution in [2.24, 2.45) is 5.73 Å². The van der Waals surface area contributed by atoms with Crippen LogP contribution in [0.2, 0.25) is 0 Å². The Morgan fingerprint density at radius 2 is 1.80 bits per heavy atom. The third-order valence-corrected chi connectivity index (χ3v) is 4.46. The van der Waals surface area contributed by atoms with Crippen molar-refractivity contribution in [3.63, 3.8) is 0 Å². The van der Waals surface area contributed by atoms with Crippen LogP contribution in [0.4, 0.5) is 0 Å². The molecule has 1 aliphatic rings. The highest BCUT2D eigenvalue weighted by Gasteiger charge is 2.31. The van der Waals surface area contributed by atoms with Crippen LogP contribution in [-0.4, -0.2) is 36.2 Å². The predicted molar refractivity (Wildman–Crippen MR) is 86.7 cm³/mol. The van der Waals surface area contributed by atoms with Crippen molar-refractivity contribution in [2.75, 3.05) is 13.1 Å².